The Morgan fingerprint density at radius 1 is 1.50 bits per heavy atom. The van der Waals surface area contributed by atoms with Crippen LogP contribution in [-0.4, -0.2) is 43.1 Å². The van der Waals surface area contributed by atoms with Crippen molar-refractivity contribution in [3.63, 3.8) is 0 Å². The average Bonchev–Trinajstić information content (AvgIpc) is 2.37. The molecule has 4 heteroatoms. The molecule has 0 radical (unpaired) electrons. The molecule has 1 aromatic rings. The largest absolute Gasteiger partial charge is 0.355 e. The Balaban J connectivity index is 2.16. The smallest absolute Gasteiger partial charge is 0.129 e. The summed E-state index contributed by atoms with van der Waals surface area (Å²) in [4.78, 5) is 9.33. The van der Waals surface area contributed by atoms with Crippen LogP contribution in [0, 0.1) is 6.92 Å². The second-order valence-electron chi connectivity index (χ2n) is 5.28. The maximum atomic E-state index is 5.93. The second kappa shape index (κ2) is 5.89. The number of anilines is 1. The van der Waals surface area contributed by atoms with Crippen LogP contribution in [0.25, 0.3) is 0 Å². The van der Waals surface area contributed by atoms with Crippen molar-refractivity contribution in [2.45, 2.75) is 31.7 Å². The zero-order valence-corrected chi connectivity index (χ0v) is 12.2. The van der Waals surface area contributed by atoms with Gasteiger partial charge < -0.3 is 9.80 Å². The second-order valence-corrected chi connectivity index (χ2v) is 5.55. The van der Waals surface area contributed by atoms with Crippen molar-refractivity contribution in [2.75, 3.05) is 32.1 Å². The van der Waals surface area contributed by atoms with Gasteiger partial charge in [0.05, 0.1) is 0 Å². The number of aromatic nitrogens is 1. The molecule has 0 saturated carbocycles. The molecule has 0 aliphatic carbocycles. The van der Waals surface area contributed by atoms with E-state index in [2.05, 4.69) is 41.0 Å². The number of rotatable bonds is 3. The number of likely N-dealkylation sites (tertiary alicyclic amines) is 1. The fourth-order valence-corrected chi connectivity index (χ4v) is 2.78. The van der Waals surface area contributed by atoms with Crippen molar-refractivity contribution in [1.29, 1.82) is 0 Å². The Bertz CT molecular complexity index is 408. The summed E-state index contributed by atoms with van der Waals surface area (Å²) in [5, 5.41) is 0. The van der Waals surface area contributed by atoms with Gasteiger partial charge in [0.2, 0.25) is 0 Å². The van der Waals surface area contributed by atoms with Gasteiger partial charge in [0, 0.05) is 31.2 Å². The molecule has 2 rings (SSSR count). The summed E-state index contributed by atoms with van der Waals surface area (Å²) in [6.45, 7) is 4.35. The monoisotopic (exact) mass is 267 g/mol. The number of nitrogens with zero attached hydrogens (tertiary/aromatic N) is 3. The highest BCUT2D eigenvalue weighted by molar-refractivity contribution is 6.17. The quantitative estimate of drug-likeness (QED) is 0.785. The molecule has 0 amide bonds. The summed E-state index contributed by atoms with van der Waals surface area (Å²) in [6.07, 6.45) is 2.51. The van der Waals surface area contributed by atoms with E-state index < -0.39 is 0 Å². The van der Waals surface area contributed by atoms with Gasteiger partial charge in [0.15, 0.2) is 0 Å². The summed E-state index contributed by atoms with van der Waals surface area (Å²) >= 11 is 5.93. The highest BCUT2D eigenvalue weighted by Gasteiger charge is 2.22. The van der Waals surface area contributed by atoms with Gasteiger partial charge in [-0.25, -0.2) is 4.98 Å². The molecule has 0 N–H and O–H groups in total. The van der Waals surface area contributed by atoms with Crippen LogP contribution in [0.15, 0.2) is 12.1 Å². The SMILES string of the molecule is Cc1cc(CCl)cc(N(C)C2CCCN(C)C2)n1. The number of likely N-dealkylation sites (N-methyl/N-ethyl adjacent to an activating group) is 2. The molecule has 1 aliphatic heterocycles. The third kappa shape index (κ3) is 3.15. The number of aryl methyl sites for hydroxylation is 1. The fraction of sp³-hybridized carbons (Fsp3) is 0.643. The summed E-state index contributed by atoms with van der Waals surface area (Å²) in [5.41, 5.74) is 2.19. The molecule has 1 atom stereocenters. The molecule has 18 heavy (non-hydrogen) atoms. The maximum absolute atomic E-state index is 5.93. The molecular weight excluding hydrogens is 246 g/mol. The number of piperidine rings is 1. The van der Waals surface area contributed by atoms with Crippen LogP contribution in [0.3, 0.4) is 0 Å². The minimum Gasteiger partial charge on any atom is -0.355 e. The van der Waals surface area contributed by atoms with Gasteiger partial charge in [-0.15, -0.1) is 11.6 Å². The lowest BCUT2D eigenvalue weighted by atomic mass is 10.0. The summed E-state index contributed by atoms with van der Waals surface area (Å²) in [7, 11) is 4.33. The first kappa shape index (κ1) is 13.6. The first-order chi connectivity index (χ1) is 8.60. The zero-order chi connectivity index (χ0) is 13.1. The van der Waals surface area contributed by atoms with Crippen LogP contribution >= 0.6 is 11.6 Å². The van der Waals surface area contributed by atoms with Crippen LogP contribution < -0.4 is 4.90 Å². The van der Waals surface area contributed by atoms with Gasteiger partial charge >= 0.3 is 0 Å². The summed E-state index contributed by atoms with van der Waals surface area (Å²) in [5.74, 6) is 1.60. The van der Waals surface area contributed by atoms with Crippen molar-refractivity contribution in [3.05, 3.63) is 23.4 Å². The van der Waals surface area contributed by atoms with E-state index in [4.69, 9.17) is 11.6 Å². The highest BCUT2D eigenvalue weighted by atomic mass is 35.5. The Kier molecular flexibility index (Phi) is 4.46. The summed E-state index contributed by atoms with van der Waals surface area (Å²) < 4.78 is 0. The molecule has 1 unspecified atom stereocenters. The Morgan fingerprint density at radius 2 is 2.28 bits per heavy atom. The number of hydrogen-bond donors (Lipinski definition) is 0. The van der Waals surface area contributed by atoms with Gasteiger partial charge in [-0.3, -0.25) is 0 Å². The Labute approximate surface area is 115 Å². The number of pyridine rings is 1. The topological polar surface area (TPSA) is 19.4 Å². The number of hydrogen-bond acceptors (Lipinski definition) is 3. The lowest BCUT2D eigenvalue weighted by molar-refractivity contribution is 0.247. The third-order valence-corrected chi connectivity index (χ3v) is 3.97. The lowest BCUT2D eigenvalue weighted by Gasteiger charge is -2.36. The van der Waals surface area contributed by atoms with Crippen molar-refractivity contribution < 1.29 is 0 Å². The van der Waals surface area contributed by atoms with Gasteiger partial charge in [-0.2, -0.15) is 0 Å². The average molecular weight is 268 g/mol. The van der Waals surface area contributed by atoms with Gasteiger partial charge in [0.25, 0.3) is 0 Å². The predicted octanol–water partition coefficient (Wildman–Crippen LogP) is 2.66. The van der Waals surface area contributed by atoms with E-state index in [-0.39, 0.29) is 0 Å². The van der Waals surface area contributed by atoms with E-state index in [1.54, 1.807) is 0 Å². The molecule has 1 aromatic heterocycles. The first-order valence-electron chi connectivity index (χ1n) is 6.55. The van der Waals surface area contributed by atoms with E-state index >= 15 is 0 Å². The standard InChI is InChI=1S/C14H22ClN3/c1-11-7-12(9-15)8-14(16-11)18(3)13-5-4-6-17(2)10-13/h7-8,13H,4-6,9-10H2,1-3H3. The number of halogens is 1. The molecule has 100 valence electrons. The van der Waals surface area contributed by atoms with Crippen LogP contribution in [0.4, 0.5) is 5.82 Å². The van der Waals surface area contributed by atoms with E-state index in [1.807, 2.05) is 6.92 Å². The Morgan fingerprint density at radius 3 is 2.94 bits per heavy atom. The van der Waals surface area contributed by atoms with E-state index in [9.17, 15) is 0 Å². The molecule has 0 bridgehead atoms. The van der Waals surface area contributed by atoms with Crippen LogP contribution in [0.5, 0.6) is 0 Å². The maximum Gasteiger partial charge on any atom is 0.129 e. The minimum absolute atomic E-state index is 0.550. The van der Waals surface area contributed by atoms with Crippen molar-refractivity contribution in [2.24, 2.45) is 0 Å². The van der Waals surface area contributed by atoms with Crippen LogP contribution in [0.1, 0.15) is 24.1 Å². The summed E-state index contributed by atoms with van der Waals surface area (Å²) in [6, 6.07) is 4.72. The van der Waals surface area contributed by atoms with Gasteiger partial charge in [0.1, 0.15) is 5.82 Å². The van der Waals surface area contributed by atoms with Crippen molar-refractivity contribution >= 4 is 17.4 Å². The molecule has 0 spiro atoms. The Hall–Kier alpha value is -0.800. The zero-order valence-electron chi connectivity index (χ0n) is 11.5. The van der Waals surface area contributed by atoms with E-state index in [0.717, 1.165) is 23.6 Å². The molecular formula is C14H22ClN3. The van der Waals surface area contributed by atoms with E-state index in [0.29, 0.717) is 11.9 Å². The molecule has 1 aliphatic rings. The minimum atomic E-state index is 0.550. The van der Waals surface area contributed by atoms with Crippen molar-refractivity contribution in [3.8, 4) is 0 Å². The fourth-order valence-electron chi connectivity index (χ4n) is 2.62. The first-order valence-corrected chi connectivity index (χ1v) is 7.08. The van der Waals surface area contributed by atoms with Crippen LogP contribution in [-0.2, 0) is 5.88 Å². The predicted molar refractivity (Wildman–Crippen MR) is 77.5 cm³/mol. The van der Waals surface area contributed by atoms with Crippen LogP contribution in [0.2, 0.25) is 0 Å². The van der Waals surface area contributed by atoms with Crippen molar-refractivity contribution in [1.82, 2.24) is 9.88 Å². The molecule has 3 nitrogen and oxygen atoms in total. The third-order valence-electron chi connectivity index (χ3n) is 3.66. The number of alkyl halides is 1. The highest BCUT2D eigenvalue weighted by Crippen LogP contribution is 2.21. The molecule has 1 fully saturated rings. The normalized spacial score (nSPS) is 21.0. The van der Waals surface area contributed by atoms with Gasteiger partial charge in [-0.05, 0) is 51.1 Å². The molecule has 2 heterocycles. The van der Waals surface area contributed by atoms with E-state index in [1.165, 1.54) is 19.4 Å². The lowest BCUT2D eigenvalue weighted by Crippen LogP contribution is -2.45. The van der Waals surface area contributed by atoms with Gasteiger partial charge in [-0.1, -0.05) is 0 Å². The molecule has 1 saturated heterocycles. The molecule has 0 aromatic carbocycles.